The number of rotatable bonds is 4. The molecule has 1 heterocycles. The summed E-state index contributed by atoms with van der Waals surface area (Å²) < 4.78 is 18.7. The summed E-state index contributed by atoms with van der Waals surface area (Å²) in [6.07, 6.45) is 5.18. The molecule has 1 aliphatic rings. The standard InChI is InChI=1S/C20H19ClFNO3S/c1-11-6-7-13-16(10-11)27-19(18(13)20(25)26-2)23-17(24)9-8-12-14(21)4-3-5-15(12)22/h3-5,8-9,11H,6-7,10H2,1-2H3,(H,23,24). The SMILES string of the molecule is COC(=O)c1c(NC(=O)C=Cc2c(F)cccc2Cl)sc2c1CCC(C)C2. The quantitative estimate of drug-likeness (QED) is 0.566. The van der Waals surface area contributed by atoms with Crippen molar-refractivity contribution < 1.29 is 18.7 Å². The molecule has 0 fully saturated rings. The van der Waals surface area contributed by atoms with Crippen LogP contribution >= 0.6 is 22.9 Å². The fourth-order valence-corrected chi connectivity index (χ4v) is 4.77. The number of carbonyl (C=O) groups is 2. The Balaban J connectivity index is 1.85. The maximum Gasteiger partial charge on any atom is 0.341 e. The zero-order valence-electron chi connectivity index (χ0n) is 15.0. The van der Waals surface area contributed by atoms with E-state index in [9.17, 15) is 14.0 Å². The van der Waals surface area contributed by atoms with E-state index in [1.807, 2.05) is 0 Å². The molecule has 0 saturated heterocycles. The fraction of sp³-hybridized carbons (Fsp3) is 0.300. The number of ether oxygens (including phenoxy) is 1. The summed E-state index contributed by atoms with van der Waals surface area (Å²) in [4.78, 5) is 25.7. The van der Waals surface area contributed by atoms with Crippen LogP contribution in [0.25, 0.3) is 6.08 Å². The maximum atomic E-state index is 13.8. The number of carbonyl (C=O) groups excluding carboxylic acids is 2. The van der Waals surface area contributed by atoms with Gasteiger partial charge in [-0.05, 0) is 49.0 Å². The van der Waals surface area contributed by atoms with Crippen molar-refractivity contribution in [3.05, 3.63) is 56.7 Å². The summed E-state index contributed by atoms with van der Waals surface area (Å²) in [5.74, 6) is -0.903. The van der Waals surface area contributed by atoms with Gasteiger partial charge in [0, 0.05) is 16.5 Å². The van der Waals surface area contributed by atoms with Crippen molar-refractivity contribution in [1.29, 1.82) is 0 Å². The molecule has 1 aliphatic carbocycles. The number of hydrogen-bond donors (Lipinski definition) is 1. The third-order valence-corrected chi connectivity index (χ3v) is 6.04. The van der Waals surface area contributed by atoms with E-state index in [1.54, 1.807) is 6.07 Å². The molecule has 4 nitrogen and oxygen atoms in total. The highest BCUT2D eigenvalue weighted by Gasteiger charge is 2.28. The van der Waals surface area contributed by atoms with Crippen LogP contribution in [-0.2, 0) is 22.4 Å². The Morgan fingerprint density at radius 1 is 1.41 bits per heavy atom. The smallest absolute Gasteiger partial charge is 0.341 e. The van der Waals surface area contributed by atoms with Gasteiger partial charge in [0.05, 0.1) is 17.7 Å². The topological polar surface area (TPSA) is 55.4 Å². The highest BCUT2D eigenvalue weighted by molar-refractivity contribution is 7.17. The monoisotopic (exact) mass is 407 g/mol. The van der Waals surface area contributed by atoms with E-state index in [-0.39, 0.29) is 10.6 Å². The Morgan fingerprint density at radius 2 is 2.19 bits per heavy atom. The van der Waals surface area contributed by atoms with Gasteiger partial charge in [-0.1, -0.05) is 24.6 Å². The van der Waals surface area contributed by atoms with Crippen LogP contribution in [-0.4, -0.2) is 19.0 Å². The molecule has 0 bridgehead atoms. The Morgan fingerprint density at radius 3 is 2.89 bits per heavy atom. The number of thiophene rings is 1. The lowest BCUT2D eigenvalue weighted by Crippen LogP contribution is -2.14. The minimum absolute atomic E-state index is 0.141. The lowest BCUT2D eigenvalue weighted by Gasteiger charge is -2.18. The van der Waals surface area contributed by atoms with E-state index in [4.69, 9.17) is 16.3 Å². The number of hydrogen-bond acceptors (Lipinski definition) is 4. The molecule has 1 atom stereocenters. The van der Waals surface area contributed by atoms with Crippen LogP contribution in [0.15, 0.2) is 24.3 Å². The molecule has 1 N–H and O–H groups in total. The summed E-state index contributed by atoms with van der Waals surface area (Å²) in [6, 6.07) is 4.31. The number of esters is 1. The fourth-order valence-electron chi connectivity index (χ4n) is 3.14. The van der Waals surface area contributed by atoms with Crippen LogP contribution < -0.4 is 5.32 Å². The average Bonchev–Trinajstić information content (AvgIpc) is 2.97. The highest BCUT2D eigenvalue weighted by Crippen LogP contribution is 2.40. The van der Waals surface area contributed by atoms with E-state index in [0.29, 0.717) is 16.5 Å². The summed E-state index contributed by atoms with van der Waals surface area (Å²) in [5.41, 5.74) is 1.53. The normalized spacial score (nSPS) is 16.2. The average molecular weight is 408 g/mol. The lowest BCUT2D eigenvalue weighted by molar-refractivity contribution is -0.111. The minimum Gasteiger partial charge on any atom is -0.465 e. The van der Waals surface area contributed by atoms with Gasteiger partial charge in [-0.25, -0.2) is 9.18 Å². The van der Waals surface area contributed by atoms with Crippen LogP contribution in [0.2, 0.25) is 5.02 Å². The van der Waals surface area contributed by atoms with Crippen LogP contribution in [0.4, 0.5) is 9.39 Å². The molecule has 1 unspecified atom stereocenters. The number of amides is 1. The van der Waals surface area contributed by atoms with Crippen molar-refractivity contribution >= 4 is 45.9 Å². The molecule has 0 aliphatic heterocycles. The molecule has 27 heavy (non-hydrogen) atoms. The van der Waals surface area contributed by atoms with Crippen molar-refractivity contribution in [2.45, 2.75) is 26.2 Å². The second-order valence-electron chi connectivity index (χ2n) is 6.51. The molecule has 1 aromatic carbocycles. The summed E-state index contributed by atoms with van der Waals surface area (Å²) in [5, 5.41) is 3.42. The van der Waals surface area contributed by atoms with E-state index in [2.05, 4.69) is 12.2 Å². The van der Waals surface area contributed by atoms with Crippen molar-refractivity contribution in [2.24, 2.45) is 5.92 Å². The van der Waals surface area contributed by atoms with E-state index in [1.165, 1.54) is 42.7 Å². The highest BCUT2D eigenvalue weighted by atomic mass is 35.5. The second kappa shape index (κ2) is 8.23. The van der Waals surface area contributed by atoms with E-state index < -0.39 is 17.7 Å². The van der Waals surface area contributed by atoms with Crippen LogP contribution in [0.1, 0.15) is 39.7 Å². The van der Waals surface area contributed by atoms with E-state index in [0.717, 1.165) is 29.7 Å². The predicted molar refractivity (Wildman–Crippen MR) is 106 cm³/mol. The molecule has 0 spiro atoms. The first-order chi connectivity index (χ1) is 12.9. The molecule has 0 radical (unpaired) electrons. The third-order valence-electron chi connectivity index (χ3n) is 4.54. The number of benzene rings is 1. The van der Waals surface area contributed by atoms with Gasteiger partial charge < -0.3 is 10.1 Å². The van der Waals surface area contributed by atoms with Crippen molar-refractivity contribution in [2.75, 3.05) is 12.4 Å². The molecular weight excluding hydrogens is 389 g/mol. The molecule has 1 amide bonds. The molecule has 7 heteroatoms. The van der Waals surface area contributed by atoms with Gasteiger partial charge in [-0.15, -0.1) is 11.3 Å². The number of nitrogens with one attached hydrogen (secondary N) is 1. The predicted octanol–water partition coefficient (Wildman–Crippen LogP) is 5.10. The summed E-state index contributed by atoms with van der Waals surface area (Å²) in [6.45, 7) is 2.17. The molecule has 0 saturated carbocycles. The van der Waals surface area contributed by atoms with Gasteiger partial charge >= 0.3 is 5.97 Å². The van der Waals surface area contributed by atoms with Gasteiger partial charge in [0.15, 0.2) is 0 Å². The first-order valence-electron chi connectivity index (χ1n) is 8.56. The Bertz CT molecular complexity index is 902. The number of anilines is 1. The Labute approximate surface area is 166 Å². The van der Waals surface area contributed by atoms with Crippen molar-refractivity contribution in [3.63, 3.8) is 0 Å². The molecule has 142 valence electrons. The van der Waals surface area contributed by atoms with E-state index >= 15 is 0 Å². The van der Waals surface area contributed by atoms with Crippen LogP contribution in [0.5, 0.6) is 0 Å². The lowest BCUT2D eigenvalue weighted by atomic mass is 9.88. The summed E-state index contributed by atoms with van der Waals surface area (Å²) >= 11 is 7.36. The second-order valence-corrected chi connectivity index (χ2v) is 8.02. The van der Waals surface area contributed by atoms with Crippen LogP contribution in [0, 0.1) is 11.7 Å². The molecule has 2 aromatic rings. The van der Waals surface area contributed by atoms with Gasteiger partial charge in [0.1, 0.15) is 10.8 Å². The zero-order chi connectivity index (χ0) is 19.6. The molecular formula is C20H19ClFNO3S. The molecule has 1 aromatic heterocycles. The van der Waals surface area contributed by atoms with Gasteiger partial charge in [0.2, 0.25) is 5.91 Å². The third kappa shape index (κ3) is 4.22. The first kappa shape index (κ1) is 19.6. The van der Waals surface area contributed by atoms with Gasteiger partial charge in [-0.2, -0.15) is 0 Å². The maximum absolute atomic E-state index is 13.8. The van der Waals surface area contributed by atoms with Gasteiger partial charge in [-0.3, -0.25) is 4.79 Å². The molecule has 3 rings (SSSR count). The Kier molecular flexibility index (Phi) is 5.97. The van der Waals surface area contributed by atoms with Crippen molar-refractivity contribution in [1.82, 2.24) is 0 Å². The van der Waals surface area contributed by atoms with Crippen molar-refractivity contribution in [3.8, 4) is 0 Å². The minimum atomic E-state index is -0.512. The number of halogens is 2. The number of methoxy groups -OCH3 is 1. The zero-order valence-corrected chi connectivity index (χ0v) is 16.5. The largest absolute Gasteiger partial charge is 0.465 e. The summed E-state index contributed by atoms with van der Waals surface area (Å²) in [7, 11) is 1.32. The van der Waals surface area contributed by atoms with Gasteiger partial charge in [0.25, 0.3) is 0 Å². The van der Waals surface area contributed by atoms with Crippen LogP contribution in [0.3, 0.4) is 0 Å². The first-order valence-corrected chi connectivity index (χ1v) is 9.76. The Hall–Kier alpha value is -2.18. The number of fused-ring (bicyclic) bond motifs is 1.